The molecule has 244 valence electrons. The van der Waals surface area contributed by atoms with Crippen molar-refractivity contribution >= 4 is 45.3 Å². The summed E-state index contributed by atoms with van der Waals surface area (Å²) in [6, 6.07) is 21.1. The van der Waals surface area contributed by atoms with Crippen molar-refractivity contribution in [1.82, 2.24) is 4.90 Å². The maximum Gasteiger partial charge on any atom is 0.414 e. The Hall–Kier alpha value is -4.98. The Kier molecular flexibility index (Phi) is 13.1. The molecule has 13 heteroatoms. The van der Waals surface area contributed by atoms with Gasteiger partial charge in [0.15, 0.2) is 0 Å². The van der Waals surface area contributed by atoms with E-state index < -0.39 is 23.9 Å². The molecular formula is C33H36N2O10S. The molecule has 0 bridgehead atoms. The van der Waals surface area contributed by atoms with E-state index in [9.17, 15) is 5.11 Å². The van der Waals surface area contributed by atoms with Crippen LogP contribution < -0.4 is 10.5 Å². The number of aromatic hydroxyl groups is 1. The Morgan fingerprint density at radius 3 is 1.96 bits per heavy atom. The van der Waals surface area contributed by atoms with Gasteiger partial charge in [-0.05, 0) is 97.2 Å². The molecule has 4 aromatic rings. The fourth-order valence-corrected chi connectivity index (χ4v) is 6.21. The lowest BCUT2D eigenvalue weighted by molar-refractivity contribution is -0.159. The van der Waals surface area contributed by atoms with E-state index in [1.165, 1.54) is 64.0 Å². The monoisotopic (exact) mass is 652 g/mol. The van der Waals surface area contributed by atoms with E-state index in [0.717, 1.165) is 29.8 Å². The molecule has 5 rings (SSSR count). The number of phenolic OH excluding ortho intramolecular Hbond substituents is 1. The first-order valence-electron chi connectivity index (χ1n) is 14.3. The smallest absolute Gasteiger partial charge is 0.414 e. The number of carbonyl (C=O) groups is 4. The number of methoxy groups -OCH3 is 1. The number of phenols is 1. The summed E-state index contributed by atoms with van der Waals surface area (Å²) in [4.78, 5) is 40.2. The van der Waals surface area contributed by atoms with E-state index in [4.69, 9.17) is 50.1 Å². The molecule has 2 heterocycles. The maximum atomic E-state index is 10.1. The highest BCUT2D eigenvalue weighted by molar-refractivity contribution is 7.22. The minimum Gasteiger partial charge on any atom is -0.508 e. The number of aliphatic carboxylic acids is 4. The summed E-state index contributed by atoms with van der Waals surface area (Å²) in [5.74, 6) is -6.03. The number of thiophene rings is 1. The molecule has 0 amide bonds. The Labute approximate surface area is 268 Å². The number of rotatable bonds is 8. The zero-order valence-corrected chi connectivity index (χ0v) is 26.0. The molecule has 1 aromatic heterocycles. The lowest BCUT2D eigenvalue weighted by Crippen LogP contribution is -2.18. The van der Waals surface area contributed by atoms with E-state index in [-0.39, 0.29) is 0 Å². The average molecular weight is 653 g/mol. The first kappa shape index (κ1) is 35.5. The molecule has 0 atom stereocenters. The number of likely N-dealkylation sites (tertiary alicyclic amines) is 1. The van der Waals surface area contributed by atoms with Crippen molar-refractivity contribution in [2.75, 3.05) is 26.7 Å². The van der Waals surface area contributed by atoms with Crippen LogP contribution >= 0.6 is 11.3 Å². The summed E-state index contributed by atoms with van der Waals surface area (Å²) in [5.41, 5.74) is 12.0. The summed E-state index contributed by atoms with van der Waals surface area (Å²) >= 11 is 1.74. The van der Waals surface area contributed by atoms with Crippen LogP contribution in [-0.2, 0) is 38.6 Å². The number of nitrogens with two attached hydrogens (primary N) is 1. The largest absolute Gasteiger partial charge is 0.508 e. The fourth-order valence-electron chi connectivity index (χ4n) is 4.95. The molecule has 0 radical (unpaired) electrons. The third-order valence-electron chi connectivity index (χ3n) is 7.12. The highest BCUT2D eigenvalue weighted by atomic mass is 32.1. The van der Waals surface area contributed by atoms with Crippen LogP contribution in [0.25, 0.3) is 20.5 Å². The van der Waals surface area contributed by atoms with Gasteiger partial charge in [0.1, 0.15) is 11.5 Å². The normalized spacial score (nSPS) is 12.4. The predicted molar refractivity (Wildman–Crippen MR) is 173 cm³/mol. The van der Waals surface area contributed by atoms with Crippen molar-refractivity contribution in [3.63, 3.8) is 0 Å². The lowest BCUT2D eigenvalue weighted by Gasteiger charge is -2.18. The van der Waals surface area contributed by atoms with E-state index in [0.29, 0.717) is 12.3 Å². The fraction of sp³-hybridized carbons (Fsp3) is 0.273. The van der Waals surface area contributed by atoms with Gasteiger partial charge in [-0.25, -0.2) is 19.2 Å². The molecule has 7 N–H and O–H groups in total. The number of ether oxygens (including phenoxy) is 1. The van der Waals surface area contributed by atoms with Gasteiger partial charge in [-0.1, -0.05) is 36.4 Å². The molecule has 0 unspecified atom stereocenters. The molecule has 1 fully saturated rings. The van der Waals surface area contributed by atoms with Crippen molar-refractivity contribution in [2.45, 2.75) is 32.2 Å². The topological polar surface area (TPSA) is 208 Å². The van der Waals surface area contributed by atoms with Crippen molar-refractivity contribution in [2.24, 2.45) is 5.73 Å². The summed E-state index contributed by atoms with van der Waals surface area (Å²) in [6.45, 7) is 3.95. The molecule has 1 saturated heterocycles. The van der Waals surface area contributed by atoms with Crippen LogP contribution in [0, 0.1) is 0 Å². The number of carboxylic acid groups (broad SMARTS) is 4. The van der Waals surface area contributed by atoms with Gasteiger partial charge in [0.2, 0.25) is 0 Å². The standard InChI is InChI=1S/C29H32N2O2S.2C2H2O4/c1-33-27-17-21(6-9-23(27)19-31-14-2-3-15-31)16-26-25-11-10-24(32)18-28(25)34-29(26)22-7-4-20(5-8-22)12-13-30;2*3-1(4)2(5)6/h4-11,17-18,32H,2-3,12-16,19,30H2,1H3;2*(H,3,4)(H,5,6). The van der Waals surface area contributed by atoms with Crippen LogP contribution in [0.15, 0.2) is 60.7 Å². The first-order chi connectivity index (χ1) is 21.9. The number of carboxylic acids is 4. The molecule has 1 aliphatic rings. The molecular weight excluding hydrogens is 616 g/mol. The zero-order valence-electron chi connectivity index (χ0n) is 25.1. The highest BCUT2D eigenvalue weighted by Crippen LogP contribution is 2.41. The van der Waals surface area contributed by atoms with E-state index in [2.05, 4.69) is 47.4 Å². The van der Waals surface area contributed by atoms with Crippen LogP contribution in [0.1, 0.15) is 35.1 Å². The van der Waals surface area contributed by atoms with Crippen molar-refractivity contribution in [3.8, 4) is 21.9 Å². The average Bonchev–Trinajstić information content (AvgIpc) is 3.66. The molecule has 3 aromatic carbocycles. The second-order valence-corrected chi connectivity index (χ2v) is 11.4. The molecule has 0 spiro atoms. The van der Waals surface area contributed by atoms with Gasteiger partial charge in [0.25, 0.3) is 0 Å². The third kappa shape index (κ3) is 10.0. The van der Waals surface area contributed by atoms with Gasteiger partial charge in [-0.2, -0.15) is 0 Å². The Morgan fingerprint density at radius 1 is 0.826 bits per heavy atom. The Morgan fingerprint density at radius 2 is 1.41 bits per heavy atom. The van der Waals surface area contributed by atoms with E-state index >= 15 is 0 Å². The predicted octanol–water partition coefficient (Wildman–Crippen LogP) is 4.28. The van der Waals surface area contributed by atoms with Gasteiger partial charge < -0.3 is 36.0 Å². The molecule has 0 aliphatic carbocycles. The molecule has 1 aliphatic heterocycles. The number of hydrogen-bond donors (Lipinski definition) is 6. The van der Waals surface area contributed by atoms with Gasteiger partial charge in [0, 0.05) is 21.7 Å². The van der Waals surface area contributed by atoms with Crippen molar-refractivity contribution < 1.29 is 49.4 Å². The maximum absolute atomic E-state index is 10.1. The summed E-state index contributed by atoms with van der Waals surface area (Å²) in [7, 11) is 1.77. The number of fused-ring (bicyclic) bond motifs is 1. The van der Waals surface area contributed by atoms with Crippen molar-refractivity contribution in [3.05, 3.63) is 82.9 Å². The second kappa shape index (κ2) is 16.9. The third-order valence-corrected chi connectivity index (χ3v) is 8.36. The Bertz CT molecular complexity index is 1630. The number of benzene rings is 3. The van der Waals surface area contributed by atoms with Gasteiger partial charge in [-0.15, -0.1) is 11.3 Å². The highest BCUT2D eigenvalue weighted by Gasteiger charge is 2.18. The van der Waals surface area contributed by atoms with Crippen LogP contribution in [-0.4, -0.2) is 81.1 Å². The SMILES string of the molecule is COc1cc(Cc2c(-c3ccc(CCN)cc3)sc3cc(O)ccc23)ccc1CN1CCCC1.O=C(O)C(=O)O.O=C(O)C(=O)O. The molecule has 12 nitrogen and oxygen atoms in total. The summed E-state index contributed by atoms with van der Waals surface area (Å²) in [5, 5.41) is 40.8. The minimum atomic E-state index is -1.82. The van der Waals surface area contributed by atoms with Gasteiger partial charge >= 0.3 is 23.9 Å². The van der Waals surface area contributed by atoms with Crippen molar-refractivity contribution in [1.29, 1.82) is 0 Å². The number of hydrogen-bond acceptors (Lipinski definition) is 9. The van der Waals surface area contributed by atoms with E-state index in [1.54, 1.807) is 24.5 Å². The second-order valence-electron chi connectivity index (χ2n) is 10.4. The first-order valence-corrected chi connectivity index (χ1v) is 15.1. The van der Waals surface area contributed by atoms with E-state index in [1.807, 2.05) is 12.1 Å². The number of nitrogens with zero attached hydrogens (tertiary/aromatic N) is 1. The lowest BCUT2D eigenvalue weighted by atomic mass is 9.97. The summed E-state index contributed by atoms with van der Waals surface area (Å²) in [6.07, 6.45) is 4.27. The molecule has 46 heavy (non-hydrogen) atoms. The summed E-state index contributed by atoms with van der Waals surface area (Å²) < 4.78 is 6.91. The quantitative estimate of drug-likeness (QED) is 0.147. The van der Waals surface area contributed by atoms with Gasteiger partial charge in [-0.3, -0.25) is 4.90 Å². The van der Waals surface area contributed by atoms with Crippen LogP contribution in [0.4, 0.5) is 0 Å². The van der Waals surface area contributed by atoms with Crippen LogP contribution in [0.2, 0.25) is 0 Å². The Balaban J connectivity index is 0.000000410. The molecule has 0 saturated carbocycles. The van der Waals surface area contributed by atoms with Crippen LogP contribution in [0.3, 0.4) is 0 Å². The minimum absolute atomic E-state index is 0.304. The van der Waals surface area contributed by atoms with Crippen LogP contribution in [0.5, 0.6) is 11.5 Å². The van der Waals surface area contributed by atoms with Gasteiger partial charge in [0.05, 0.1) is 7.11 Å². The zero-order chi connectivity index (χ0) is 33.8.